The summed E-state index contributed by atoms with van der Waals surface area (Å²) in [6.07, 6.45) is 2.62. The maximum Gasteiger partial charge on any atom is 0.384 e. The minimum atomic E-state index is -0.368. The van der Waals surface area contributed by atoms with Crippen LogP contribution in [-0.4, -0.2) is 28.6 Å². The molecule has 0 aliphatic heterocycles. The monoisotopic (exact) mass is 198 g/mol. The molecule has 0 rings (SSSR count). The zero-order chi connectivity index (χ0) is 11.1. The van der Waals surface area contributed by atoms with E-state index in [1.54, 1.807) is 4.58 Å². The average Bonchev–Trinajstić information content (AvgIpc) is 2.03. The van der Waals surface area contributed by atoms with E-state index in [1.807, 2.05) is 13.8 Å². The van der Waals surface area contributed by atoms with E-state index in [1.165, 1.54) is 6.21 Å². The van der Waals surface area contributed by atoms with Gasteiger partial charge in [0, 0.05) is 12.6 Å². The van der Waals surface area contributed by atoms with Crippen LogP contribution in [0.1, 0.15) is 33.1 Å². The first-order valence-electron chi connectivity index (χ1n) is 4.71. The molecule has 2 amide bonds. The Labute approximate surface area is 84.8 Å². The minimum Gasteiger partial charge on any atom is -0.370 e. The molecule has 0 aliphatic carbocycles. The first-order valence-corrected chi connectivity index (χ1v) is 4.71. The van der Waals surface area contributed by atoms with Crippen LogP contribution in [-0.2, 0) is 9.59 Å². The number of primary amides is 1. The second-order valence-corrected chi connectivity index (χ2v) is 3.40. The van der Waals surface area contributed by atoms with Gasteiger partial charge in [-0.1, -0.05) is 0 Å². The Balaban J connectivity index is 4.01. The zero-order valence-electron chi connectivity index (χ0n) is 8.82. The van der Waals surface area contributed by atoms with Crippen molar-refractivity contribution in [2.24, 2.45) is 5.73 Å². The van der Waals surface area contributed by atoms with Gasteiger partial charge in [-0.2, -0.15) is 4.58 Å². The zero-order valence-corrected chi connectivity index (χ0v) is 8.82. The molecule has 0 atom stereocenters. The molecule has 0 radical (unpaired) electrons. The first kappa shape index (κ1) is 12.7. The van der Waals surface area contributed by atoms with Crippen molar-refractivity contribution in [1.82, 2.24) is 0 Å². The van der Waals surface area contributed by atoms with Gasteiger partial charge in [0.05, 0.1) is 6.42 Å². The van der Waals surface area contributed by atoms with E-state index in [2.05, 4.69) is 6.92 Å². The predicted molar refractivity (Wildman–Crippen MR) is 54.9 cm³/mol. The molecule has 0 spiro atoms. The van der Waals surface area contributed by atoms with Crippen LogP contribution in [0, 0.1) is 6.92 Å². The van der Waals surface area contributed by atoms with E-state index in [0.717, 1.165) is 0 Å². The lowest BCUT2D eigenvalue weighted by Crippen LogP contribution is -2.28. The molecule has 0 heterocycles. The van der Waals surface area contributed by atoms with Gasteiger partial charge >= 0.3 is 5.91 Å². The van der Waals surface area contributed by atoms with Crippen LogP contribution in [0.4, 0.5) is 0 Å². The Hall–Kier alpha value is -1.32. The topological polar surface area (TPSA) is 63.2 Å². The number of rotatable bonds is 5. The second kappa shape index (κ2) is 6.18. The predicted octanol–water partition coefficient (Wildman–Crippen LogP) is 0.494. The summed E-state index contributed by atoms with van der Waals surface area (Å²) in [5.74, 6) is -0.385. The highest BCUT2D eigenvalue weighted by molar-refractivity contribution is 5.76. The molecule has 0 aromatic rings. The Bertz CT molecular complexity index is 245. The molecule has 4 heteroatoms. The van der Waals surface area contributed by atoms with Gasteiger partial charge in [-0.15, -0.1) is 0 Å². The Kier molecular flexibility index (Phi) is 5.60. The lowest BCUT2D eigenvalue weighted by Gasteiger charge is -2.05. The van der Waals surface area contributed by atoms with Crippen molar-refractivity contribution in [3.63, 3.8) is 0 Å². The van der Waals surface area contributed by atoms with Crippen molar-refractivity contribution in [3.05, 3.63) is 6.92 Å². The fourth-order valence-electron chi connectivity index (χ4n) is 1.14. The highest BCUT2D eigenvalue weighted by atomic mass is 16.2. The Morgan fingerprint density at radius 2 is 2.00 bits per heavy atom. The van der Waals surface area contributed by atoms with Crippen molar-refractivity contribution in [2.75, 3.05) is 0 Å². The van der Waals surface area contributed by atoms with E-state index < -0.39 is 0 Å². The van der Waals surface area contributed by atoms with Gasteiger partial charge in [-0.05, 0) is 20.3 Å². The number of hydrogen-bond donors (Lipinski definition) is 1. The number of carbonyl (C=O) groups excluding carboxylic acids is 2. The maximum atomic E-state index is 11.5. The summed E-state index contributed by atoms with van der Waals surface area (Å²) in [7, 11) is 0. The molecule has 80 valence electrons. The first-order chi connectivity index (χ1) is 6.49. The number of nitrogens with two attached hydrogens (primary N) is 1. The third kappa shape index (κ3) is 4.64. The molecule has 0 saturated carbocycles. The molecule has 0 aromatic heterocycles. The van der Waals surface area contributed by atoms with Crippen molar-refractivity contribution in [3.8, 4) is 0 Å². The van der Waals surface area contributed by atoms with Gasteiger partial charge < -0.3 is 12.7 Å². The van der Waals surface area contributed by atoms with Crippen LogP contribution in [0.25, 0.3) is 0 Å². The third-order valence-corrected chi connectivity index (χ3v) is 1.85. The van der Waals surface area contributed by atoms with Crippen molar-refractivity contribution in [2.45, 2.75) is 39.2 Å². The lowest BCUT2D eigenvalue weighted by atomic mass is 10.2. The smallest absolute Gasteiger partial charge is 0.370 e. The quantitative estimate of drug-likeness (QED) is 0.397. The largest absolute Gasteiger partial charge is 0.384 e. The van der Waals surface area contributed by atoms with Crippen molar-refractivity contribution < 1.29 is 14.2 Å². The van der Waals surface area contributed by atoms with Gasteiger partial charge in [-0.3, -0.25) is 4.79 Å². The molecule has 2 N–H and O–H groups in total. The van der Waals surface area contributed by atoms with Crippen LogP contribution in [0.2, 0.25) is 0 Å². The van der Waals surface area contributed by atoms with Gasteiger partial charge in [0.15, 0.2) is 6.04 Å². The third-order valence-electron chi connectivity index (χ3n) is 1.85. The molecule has 14 heavy (non-hydrogen) atoms. The highest BCUT2D eigenvalue weighted by Crippen LogP contribution is 1.99. The Morgan fingerprint density at radius 1 is 1.43 bits per heavy atom. The van der Waals surface area contributed by atoms with Crippen molar-refractivity contribution in [1.29, 1.82) is 0 Å². The second-order valence-electron chi connectivity index (χ2n) is 3.40. The van der Waals surface area contributed by atoms with Gasteiger partial charge in [0.25, 0.3) is 0 Å². The van der Waals surface area contributed by atoms with Gasteiger partial charge in [-0.25, -0.2) is 4.79 Å². The molecule has 0 fully saturated rings. The van der Waals surface area contributed by atoms with Gasteiger partial charge in [0.2, 0.25) is 5.91 Å². The van der Waals surface area contributed by atoms with Crippen LogP contribution >= 0.6 is 0 Å². The summed E-state index contributed by atoms with van der Waals surface area (Å²) >= 11 is 0. The van der Waals surface area contributed by atoms with Crippen LogP contribution in [0.15, 0.2) is 0 Å². The van der Waals surface area contributed by atoms with E-state index in [4.69, 9.17) is 5.73 Å². The summed E-state index contributed by atoms with van der Waals surface area (Å²) in [6.45, 7) is 7.38. The average molecular weight is 198 g/mol. The van der Waals surface area contributed by atoms with Crippen LogP contribution < -0.4 is 5.73 Å². The van der Waals surface area contributed by atoms with E-state index in [0.29, 0.717) is 12.8 Å². The fraction of sp³-hybridized carbons (Fsp3) is 0.600. The minimum absolute atomic E-state index is 0.0174. The van der Waals surface area contributed by atoms with E-state index >= 15 is 0 Å². The number of nitrogens with zero attached hydrogens (tertiary/aromatic N) is 1. The van der Waals surface area contributed by atoms with Crippen LogP contribution in [0.5, 0.6) is 0 Å². The standard InChI is InChI=1S/C10H18N2O2/c1-4-12(8(2)3)10(14)7-5-6-9(11)13/h4,8H,1,5-7H2,2-3H3,(H2,11,13)/b12-4+. The number of hydrogen-bond acceptors (Lipinski definition) is 2. The van der Waals surface area contributed by atoms with Crippen molar-refractivity contribution >= 4 is 18.0 Å². The summed E-state index contributed by atoms with van der Waals surface area (Å²) in [5.41, 5.74) is 4.96. The molecule has 4 nitrogen and oxygen atoms in total. The SMILES string of the molecule is [CH2-]/C=[N+](/C(=O)CCCC(N)=O)C(C)C. The van der Waals surface area contributed by atoms with Gasteiger partial charge in [0.1, 0.15) is 0 Å². The fourth-order valence-corrected chi connectivity index (χ4v) is 1.14. The maximum absolute atomic E-state index is 11.5. The normalized spacial score (nSPS) is 11.8. The molecule has 0 aliphatic rings. The molecule has 0 unspecified atom stereocenters. The summed E-state index contributed by atoms with van der Waals surface area (Å²) in [5, 5.41) is 0. The number of carbonyl (C=O) groups is 2. The summed E-state index contributed by atoms with van der Waals surface area (Å²) in [6, 6.07) is 0.105. The Morgan fingerprint density at radius 3 is 2.36 bits per heavy atom. The van der Waals surface area contributed by atoms with E-state index in [9.17, 15) is 9.59 Å². The highest BCUT2D eigenvalue weighted by Gasteiger charge is 2.17. The van der Waals surface area contributed by atoms with Crippen LogP contribution in [0.3, 0.4) is 0 Å². The molecular weight excluding hydrogens is 180 g/mol. The van der Waals surface area contributed by atoms with E-state index in [-0.39, 0.29) is 24.3 Å². The molecular formula is C10H18N2O2. The molecule has 0 bridgehead atoms. The molecule has 0 saturated heterocycles. The molecule has 0 aromatic carbocycles. The summed E-state index contributed by atoms with van der Waals surface area (Å²) in [4.78, 5) is 21.9. The lowest BCUT2D eigenvalue weighted by molar-refractivity contribution is -0.476. The summed E-state index contributed by atoms with van der Waals surface area (Å²) < 4.78 is 1.56. The number of amides is 2.